The van der Waals surface area contributed by atoms with Crippen molar-refractivity contribution in [2.75, 3.05) is 0 Å². The van der Waals surface area contributed by atoms with Crippen LogP contribution in [0.15, 0.2) is 49.2 Å². The first kappa shape index (κ1) is 14.7. The second kappa shape index (κ2) is 5.45. The van der Waals surface area contributed by atoms with Gasteiger partial charge >= 0.3 is 0 Å². The Labute approximate surface area is 148 Å². The highest BCUT2D eigenvalue weighted by molar-refractivity contribution is 6.01. The molecular formula is C19H15N7. The van der Waals surface area contributed by atoms with E-state index in [4.69, 9.17) is 4.98 Å². The third kappa shape index (κ3) is 2.17. The molecular weight excluding hydrogens is 326 g/mol. The standard InChI is InChI=1S/C19H15N7/c1-11-4-3-5-14(23-11)18-24-16(17-19(25-18)22-10-21-17)13-9-26(2)15-8-20-7-6-12(13)15/h3-10H,1-2H3,(H,21,22,24,25). The summed E-state index contributed by atoms with van der Waals surface area (Å²) in [7, 11) is 2.00. The number of nitrogens with zero attached hydrogens (tertiary/aromatic N) is 6. The smallest absolute Gasteiger partial charge is 0.180 e. The average Bonchev–Trinajstić information content (AvgIpc) is 3.26. The van der Waals surface area contributed by atoms with Gasteiger partial charge in [-0.2, -0.15) is 0 Å². The molecule has 26 heavy (non-hydrogen) atoms. The SMILES string of the molecule is Cc1cccc(-c2nc(-c3cn(C)c4cnccc34)c3nc[nH]c3n2)n1. The van der Waals surface area contributed by atoms with E-state index in [1.54, 1.807) is 12.5 Å². The summed E-state index contributed by atoms with van der Waals surface area (Å²) in [6.07, 6.45) is 7.34. The second-order valence-electron chi connectivity index (χ2n) is 6.21. The monoisotopic (exact) mass is 341 g/mol. The fourth-order valence-electron chi connectivity index (χ4n) is 3.22. The van der Waals surface area contributed by atoms with Crippen molar-refractivity contribution in [1.29, 1.82) is 0 Å². The van der Waals surface area contributed by atoms with E-state index < -0.39 is 0 Å². The van der Waals surface area contributed by atoms with Crippen LogP contribution in [0.1, 0.15) is 5.69 Å². The van der Waals surface area contributed by atoms with E-state index in [2.05, 4.69) is 31.1 Å². The van der Waals surface area contributed by atoms with E-state index in [0.29, 0.717) is 11.5 Å². The van der Waals surface area contributed by atoms with Gasteiger partial charge < -0.3 is 9.55 Å². The maximum atomic E-state index is 4.83. The van der Waals surface area contributed by atoms with Gasteiger partial charge in [0.25, 0.3) is 0 Å². The van der Waals surface area contributed by atoms with E-state index in [0.717, 1.165) is 39.1 Å². The van der Waals surface area contributed by atoms with Gasteiger partial charge in [-0.15, -0.1) is 0 Å². The number of imidazole rings is 1. The lowest BCUT2D eigenvalue weighted by atomic mass is 10.1. The van der Waals surface area contributed by atoms with Gasteiger partial charge in [0, 0.05) is 36.1 Å². The molecule has 0 aliphatic rings. The average molecular weight is 341 g/mol. The zero-order valence-electron chi connectivity index (χ0n) is 14.3. The third-order valence-electron chi connectivity index (χ3n) is 4.44. The summed E-state index contributed by atoms with van der Waals surface area (Å²) >= 11 is 0. The first-order chi connectivity index (χ1) is 12.7. The number of rotatable bonds is 2. The molecule has 0 saturated heterocycles. The quantitative estimate of drug-likeness (QED) is 0.532. The van der Waals surface area contributed by atoms with Crippen LogP contribution in [0.5, 0.6) is 0 Å². The van der Waals surface area contributed by atoms with Gasteiger partial charge in [0.2, 0.25) is 0 Å². The number of fused-ring (bicyclic) bond motifs is 2. The normalized spacial score (nSPS) is 11.5. The molecule has 0 bridgehead atoms. The van der Waals surface area contributed by atoms with Crippen molar-refractivity contribution in [1.82, 2.24) is 34.5 Å². The van der Waals surface area contributed by atoms with Crippen LogP contribution in [0.4, 0.5) is 0 Å². The number of H-pyrrole nitrogens is 1. The fourth-order valence-corrected chi connectivity index (χ4v) is 3.22. The van der Waals surface area contributed by atoms with Crippen molar-refractivity contribution >= 4 is 22.1 Å². The van der Waals surface area contributed by atoms with E-state index in [1.165, 1.54) is 0 Å². The number of aromatic amines is 1. The van der Waals surface area contributed by atoms with Crippen molar-refractivity contribution in [3.63, 3.8) is 0 Å². The molecule has 5 aromatic rings. The van der Waals surface area contributed by atoms with Gasteiger partial charge in [0.05, 0.1) is 18.0 Å². The van der Waals surface area contributed by atoms with Crippen LogP contribution < -0.4 is 0 Å². The number of hydrogen-bond donors (Lipinski definition) is 1. The van der Waals surface area contributed by atoms with Crippen LogP contribution in [0.3, 0.4) is 0 Å². The first-order valence-corrected chi connectivity index (χ1v) is 8.25. The summed E-state index contributed by atoms with van der Waals surface area (Å²) in [4.78, 5) is 25.8. The minimum atomic E-state index is 0.575. The lowest BCUT2D eigenvalue weighted by Crippen LogP contribution is -1.97. The van der Waals surface area contributed by atoms with Crippen LogP contribution in [-0.4, -0.2) is 34.5 Å². The summed E-state index contributed by atoms with van der Waals surface area (Å²) < 4.78 is 2.04. The van der Waals surface area contributed by atoms with Crippen molar-refractivity contribution in [3.05, 3.63) is 54.9 Å². The predicted molar refractivity (Wildman–Crippen MR) is 99.4 cm³/mol. The van der Waals surface area contributed by atoms with Gasteiger partial charge in [-0.3, -0.25) is 4.98 Å². The zero-order valence-corrected chi connectivity index (χ0v) is 14.3. The molecule has 0 spiro atoms. The summed E-state index contributed by atoms with van der Waals surface area (Å²) in [5, 5.41) is 1.08. The molecule has 0 atom stereocenters. The van der Waals surface area contributed by atoms with E-state index in [-0.39, 0.29) is 0 Å². The zero-order chi connectivity index (χ0) is 17.7. The molecule has 0 fully saturated rings. The van der Waals surface area contributed by atoms with Crippen molar-refractivity contribution in [2.24, 2.45) is 7.05 Å². The Morgan fingerprint density at radius 2 is 2.00 bits per heavy atom. The lowest BCUT2D eigenvalue weighted by Gasteiger charge is -2.05. The van der Waals surface area contributed by atoms with Crippen LogP contribution in [0.2, 0.25) is 0 Å². The molecule has 126 valence electrons. The second-order valence-corrected chi connectivity index (χ2v) is 6.21. The first-order valence-electron chi connectivity index (χ1n) is 8.25. The maximum absolute atomic E-state index is 4.83. The molecule has 0 aliphatic carbocycles. The highest BCUT2D eigenvalue weighted by Crippen LogP contribution is 2.32. The maximum Gasteiger partial charge on any atom is 0.180 e. The Balaban J connectivity index is 1.83. The molecule has 5 rings (SSSR count). The van der Waals surface area contributed by atoms with Crippen LogP contribution in [0, 0.1) is 6.92 Å². The Morgan fingerprint density at radius 1 is 1.08 bits per heavy atom. The molecule has 7 nitrogen and oxygen atoms in total. The minimum Gasteiger partial charge on any atom is -0.349 e. The number of nitrogens with one attached hydrogen (secondary N) is 1. The molecule has 5 heterocycles. The summed E-state index contributed by atoms with van der Waals surface area (Å²) in [6.45, 7) is 1.96. The van der Waals surface area contributed by atoms with E-state index >= 15 is 0 Å². The van der Waals surface area contributed by atoms with Gasteiger partial charge in [-0.1, -0.05) is 6.07 Å². The lowest BCUT2D eigenvalue weighted by molar-refractivity contribution is 0.965. The molecule has 5 aromatic heterocycles. The van der Waals surface area contributed by atoms with Crippen molar-refractivity contribution in [3.8, 4) is 22.8 Å². The topological polar surface area (TPSA) is 85.2 Å². The number of aromatic nitrogens is 7. The Morgan fingerprint density at radius 3 is 2.88 bits per heavy atom. The minimum absolute atomic E-state index is 0.575. The van der Waals surface area contributed by atoms with E-state index in [9.17, 15) is 0 Å². The Kier molecular flexibility index (Phi) is 3.08. The molecule has 0 unspecified atom stereocenters. The van der Waals surface area contributed by atoms with Gasteiger partial charge in [0.15, 0.2) is 11.5 Å². The van der Waals surface area contributed by atoms with Crippen LogP contribution in [0.25, 0.3) is 44.8 Å². The van der Waals surface area contributed by atoms with E-state index in [1.807, 2.05) is 49.0 Å². The summed E-state index contributed by atoms with van der Waals surface area (Å²) in [5.41, 5.74) is 5.92. The number of hydrogen-bond acceptors (Lipinski definition) is 5. The molecule has 0 radical (unpaired) electrons. The summed E-state index contributed by atoms with van der Waals surface area (Å²) in [5.74, 6) is 0.575. The van der Waals surface area contributed by atoms with Gasteiger partial charge in [0.1, 0.15) is 16.9 Å². The highest BCUT2D eigenvalue weighted by atomic mass is 15.0. The number of pyridine rings is 2. The highest BCUT2D eigenvalue weighted by Gasteiger charge is 2.18. The van der Waals surface area contributed by atoms with Crippen LogP contribution in [-0.2, 0) is 7.05 Å². The fraction of sp³-hybridized carbons (Fsp3) is 0.105. The molecule has 0 amide bonds. The molecule has 1 N–H and O–H groups in total. The molecule has 0 aliphatic heterocycles. The molecule has 0 saturated carbocycles. The molecule has 7 heteroatoms. The Hall–Kier alpha value is -3.61. The predicted octanol–water partition coefficient (Wildman–Crippen LogP) is 3.28. The number of aryl methyl sites for hydroxylation is 2. The van der Waals surface area contributed by atoms with Gasteiger partial charge in [-0.25, -0.2) is 19.9 Å². The third-order valence-corrected chi connectivity index (χ3v) is 4.44. The van der Waals surface area contributed by atoms with Crippen molar-refractivity contribution < 1.29 is 0 Å². The van der Waals surface area contributed by atoms with Gasteiger partial charge in [-0.05, 0) is 25.1 Å². The van der Waals surface area contributed by atoms with Crippen LogP contribution >= 0.6 is 0 Å². The molecule has 0 aromatic carbocycles. The summed E-state index contributed by atoms with van der Waals surface area (Å²) in [6, 6.07) is 7.83. The largest absolute Gasteiger partial charge is 0.349 e. The Bertz CT molecular complexity index is 1270. The van der Waals surface area contributed by atoms with Crippen molar-refractivity contribution in [2.45, 2.75) is 6.92 Å².